The van der Waals surface area contributed by atoms with Gasteiger partial charge in [0, 0.05) is 18.7 Å². The van der Waals surface area contributed by atoms with Crippen molar-refractivity contribution in [1.29, 1.82) is 0 Å². The van der Waals surface area contributed by atoms with Crippen molar-refractivity contribution in [1.82, 2.24) is 34.9 Å². The van der Waals surface area contributed by atoms with Crippen LogP contribution in [0.25, 0.3) is 28.2 Å². The van der Waals surface area contributed by atoms with Crippen LogP contribution in [0.15, 0.2) is 30.9 Å². The molecular formula is C14H11N7. The highest BCUT2D eigenvalue weighted by atomic mass is 15.3. The van der Waals surface area contributed by atoms with E-state index >= 15 is 0 Å². The lowest BCUT2D eigenvalue weighted by molar-refractivity contribution is 0.765. The summed E-state index contributed by atoms with van der Waals surface area (Å²) < 4.78 is 1.89. The van der Waals surface area contributed by atoms with E-state index in [1.165, 1.54) is 11.1 Å². The van der Waals surface area contributed by atoms with E-state index in [4.69, 9.17) is 0 Å². The van der Waals surface area contributed by atoms with E-state index in [0.717, 1.165) is 35.6 Å². The van der Waals surface area contributed by atoms with Crippen molar-refractivity contribution in [3.05, 3.63) is 42.0 Å². The number of hydrogen-bond acceptors (Lipinski definition) is 5. The van der Waals surface area contributed by atoms with Crippen molar-refractivity contribution in [3.8, 4) is 11.4 Å². The third-order valence-electron chi connectivity index (χ3n) is 3.93. The van der Waals surface area contributed by atoms with Crippen LogP contribution >= 0.6 is 0 Å². The number of benzene rings is 1. The summed E-state index contributed by atoms with van der Waals surface area (Å²) >= 11 is 0. The van der Waals surface area contributed by atoms with Crippen LogP contribution in [-0.2, 0) is 13.1 Å². The van der Waals surface area contributed by atoms with Crippen molar-refractivity contribution in [2.75, 3.05) is 0 Å². The lowest BCUT2D eigenvalue weighted by Crippen LogP contribution is -1.99. The molecule has 0 unspecified atom stereocenters. The Morgan fingerprint density at radius 3 is 3.00 bits per heavy atom. The molecule has 4 heterocycles. The van der Waals surface area contributed by atoms with Crippen LogP contribution in [0, 0.1) is 0 Å². The molecule has 0 bridgehead atoms. The monoisotopic (exact) mass is 277 g/mol. The predicted molar refractivity (Wildman–Crippen MR) is 76.4 cm³/mol. The smallest absolute Gasteiger partial charge is 0.190 e. The molecule has 21 heavy (non-hydrogen) atoms. The molecule has 4 aromatic rings. The normalized spacial score (nSPS) is 14.1. The standard InChI is InChI=1S/C14H11N7/c1-2-9-4-15-5-10(9)3-8(1)13-19-20-14-11-12(17-6-16-11)18-7-21(13)14/h1-3,6-7,15H,4-5H2,(H,16,17). The molecule has 1 aliphatic rings. The zero-order valence-corrected chi connectivity index (χ0v) is 11.0. The van der Waals surface area contributed by atoms with E-state index in [1.54, 1.807) is 12.7 Å². The quantitative estimate of drug-likeness (QED) is 0.547. The minimum absolute atomic E-state index is 0.652. The van der Waals surface area contributed by atoms with Gasteiger partial charge in [0.15, 0.2) is 17.1 Å². The van der Waals surface area contributed by atoms with Crippen molar-refractivity contribution >= 4 is 16.8 Å². The molecule has 1 aromatic carbocycles. The molecule has 0 amide bonds. The molecule has 2 N–H and O–H groups in total. The molecule has 7 heteroatoms. The Morgan fingerprint density at radius 1 is 1.05 bits per heavy atom. The number of imidazole rings is 1. The van der Waals surface area contributed by atoms with Crippen molar-refractivity contribution in [3.63, 3.8) is 0 Å². The molecule has 0 spiro atoms. The van der Waals surface area contributed by atoms with E-state index in [2.05, 4.69) is 48.7 Å². The number of nitrogens with zero attached hydrogens (tertiary/aromatic N) is 5. The van der Waals surface area contributed by atoms with E-state index in [-0.39, 0.29) is 0 Å². The van der Waals surface area contributed by atoms with Gasteiger partial charge in [0.25, 0.3) is 0 Å². The first-order valence-electron chi connectivity index (χ1n) is 6.76. The molecular weight excluding hydrogens is 266 g/mol. The van der Waals surface area contributed by atoms with Gasteiger partial charge in [-0.2, -0.15) is 0 Å². The molecule has 0 fully saturated rings. The Kier molecular flexibility index (Phi) is 2.01. The first kappa shape index (κ1) is 10.9. The summed E-state index contributed by atoms with van der Waals surface area (Å²) in [5.41, 5.74) is 5.91. The zero-order valence-electron chi connectivity index (χ0n) is 11.0. The summed E-state index contributed by atoms with van der Waals surface area (Å²) in [6.07, 6.45) is 3.34. The lowest BCUT2D eigenvalue weighted by Gasteiger charge is -2.03. The molecule has 7 nitrogen and oxygen atoms in total. The van der Waals surface area contributed by atoms with Crippen molar-refractivity contribution in [2.45, 2.75) is 13.1 Å². The molecule has 1 aliphatic heterocycles. The number of hydrogen-bond donors (Lipinski definition) is 2. The van der Waals surface area contributed by atoms with Gasteiger partial charge < -0.3 is 10.3 Å². The van der Waals surface area contributed by atoms with E-state index in [0.29, 0.717) is 5.65 Å². The minimum atomic E-state index is 0.652. The van der Waals surface area contributed by atoms with Crippen molar-refractivity contribution < 1.29 is 0 Å². The summed E-state index contributed by atoms with van der Waals surface area (Å²) in [5.74, 6) is 0.795. The minimum Gasteiger partial charge on any atom is -0.340 e. The Labute approximate surface area is 119 Å². The maximum atomic E-state index is 4.33. The maximum absolute atomic E-state index is 4.33. The summed E-state index contributed by atoms with van der Waals surface area (Å²) in [6, 6.07) is 6.40. The van der Waals surface area contributed by atoms with Gasteiger partial charge in [0.1, 0.15) is 11.8 Å². The second kappa shape index (κ2) is 3.86. The summed E-state index contributed by atoms with van der Waals surface area (Å²) in [5, 5.41) is 12.0. The zero-order chi connectivity index (χ0) is 13.8. The van der Waals surface area contributed by atoms with Crippen LogP contribution in [0.5, 0.6) is 0 Å². The van der Waals surface area contributed by atoms with Gasteiger partial charge in [-0.25, -0.2) is 9.97 Å². The van der Waals surface area contributed by atoms with E-state index in [9.17, 15) is 0 Å². The first-order chi connectivity index (χ1) is 10.4. The molecule has 0 radical (unpaired) electrons. The van der Waals surface area contributed by atoms with Gasteiger partial charge in [0.2, 0.25) is 0 Å². The third kappa shape index (κ3) is 1.46. The van der Waals surface area contributed by atoms with E-state index < -0.39 is 0 Å². The highest BCUT2D eigenvalue weighted by molar-refractivity contribution is 5.85. The molecule has 0 saturated heterocycles. The molecule has 0 atom stereocenters. The predicted octanol–water partition coefficient (Wildman–Crippen LogP) is 1.27. The molecule has 102 valence electrons. The molecule has 0 aliphatic carbocycles. The van der Waals surface area contributed by atoms with Crippen LogP contribution in [0.1, 0.15) is 11.1 Å². The van der Waals surface area contributed by atoms with Gasteiger partial charge in [-0.05, 0) is 17.2 Å². The topological polar surface area (TPSA) is 83.8 Å². The van der Waals surface area contributed by atoms with Crippen LogP contribution in [-0.4, -0.2) is 29.5 Å². The van der Waals surface area contributed by atoms with Crippen LogP contribution in [0.3, 0.4) is 0 Å². The Bertz CT molecular complexity index is 981. The van der Waals surface area contributed by atoms with Crippen LogP contribution in [0.4, 0.5) is 0 Å². The fourth-order valence-electron chi connectivity index (χ4n) is 2.86. The second-order valence-electron chi connectivity index (χ2n) is 5.15. The molecule has 0 saturated carbocycles. The SMILES string of the molecule is c1nc2ncn3c(-c4ccc5c(c4)CNC5)nnc3c2[nH]1. The fourth-order valence-corrected chi connectivity index (χ4v) is 2.86. The van der Waals surface area contributed by atoms with E-state index in [1.807, 2.05) is 4.40 Å². The Balaban J connectivity index is 1.77. The number of aromatic amines is 1. The second-order valence-corrected chi connectivity index (χ2v) is 5.15. The Hall–Kier alpha value is -2.80. The first-order valence-corrected chi connectivity index (χ1v) is 6.76. The third-order valence-corrected chi connectivity index (χ3v) is 3.93. The van der Waals surface area contributed by atoms with Gasteiger partial charge in [-0.3, -0.25) is 4.40 Å². The number of nitrogens with one attached hydrogen (secondary N) is 2. The number of H-pyrrole nitrogens is 1. The maximum Gasteiger partial charge on any atom is 0.190 e. The van der Waals surface area contributed by atoms with Crippen LogP contribution in [0.2, 0.25) is 0 Å². The van der Waals surface area contributed by atoms with Gasteiger partial charge in [-0.1, -0.05) is 12.1 Å². The number of fused-ring (bicyclic) bond motifs is 4. The van der Waals surface area contributed by atoms with Crippen molar-refractivity contribution in [2.24, 2.45) is 0 Å². The van der Waals surface area contributed by atoms with Gasteiger partial charge in [0.05, 0.1) is 6.33 Å². The largest absolute Gasteiger partial charge is 0.340 e. The number of rotatable bonds is 1. The summed E-state index contributed by atoms with van der Waals surface area (Å²) in [6.45, 7) is 1.84. The lowest BCUT2D eigenvalue weighted by atomic mass is 10.1. The fraction of sp³-hybridized carbons (Fsp3) is 0.143. The average molecular weight is 277 g/mol. The molecule has 5 rings (SSSR count). The highest BCUT2D eigenvalue weighted by Gasteiger charge is 2.15. The number of aromatic nitrogens is 6. The van der Waals surface area contributed by atoms with Gasteiger partial charge >= 0.3 is 0 Å². The Morgan fingerprint density at radius 2 is 2.00 bits per heavy atom. The average Bonchev–Trinajstić information content (AvgIpc) is 3.23. The van der Waals surface area contributed by atoms with Gasteiger partial charge in [-0.15, -0.1) is 10.2 Å². The van der Waals surface area contributed by atoms with Crippen LogP contribution < -0.4 is 5.32 Å². The molecule has 3 aromatic heterocycles. The summed E-state index contributed by atoms with van der Waals surface area (Å²) in [7, 11) is 0. The highest BCUT2D eigenvalue weighted by Crippen LogP contribution is 2.25. The summed E-state index contributed by atoms with van der Waals surface area (Å²) in [4.78, 5) is 11.5.